The van der Waals surface area contributed by atoms with Gasteiger partial charge in [0.1, 0.15) is 5.65 Å². The first-order valence-electron chi connectivity index (χ1n) is 5.21. The number of imidazole rings is 1. The van der Waals surface area contributed by atoms with Crippen molar-refractivity contribution in [1.29, 1.82) is 0 Å². The van der Waals surface area contributed by atoms with Gasteiger partial charge >= 0.3 is 0 Å². The predicted octanol–water partition coefficient (Wildman–Crippen LogP) is 0.341. The number of nitrogens with two attached hydrogens (primary N) is 1. The number of aliphatic hydroxyl groups is 1. The third kappa shape index (κ3) is 2.15. The molecule has 0 fully saturated rings. The van der Waals surface area contributed by atoms with Crippen LogP contribution in [0.25, 0.3) is 5.65 Å². The molecular weight excluding hydrogens is 204 g/mol. The second kappa shape index (κ2) is 4.51. The maximum Gasteiger partial charge on any atom is 0.137 e. The molecule has 0 radical (unpaired) electrons. The monoisotopic (exact) mass is 220 g/mol. The number of likely N-dealkylation sites (N-methyl/N-ethyl adjacent to an activating group) is 1. The van der Waals surface area contributed by atoms with Crippen molar-refractivity contribution in [1.82, 2.24) is 14.3 Å². The van der Waals surface area contributed by atoms with Crippen LogP contribution in [0, 0.1) is 0 Å². The summed E-state index contributed by atoms with van der Waals surface area (Å²) in [6.45, 7) is 1.55. The number of pyridine rings is 1. The molecule has 0 spiro atoms. The van der Waals surface area contributed by atoms with Crippen LogP contribution in [0.5, 0.6) is 0 Å². The molecule has 3 N–H and O–H groups in total. The van der Waals surface area contributed by atoms with Crippen molar-refractivity contribution in [3.8, 4) is 0 Å². The van der Waals surface area contributed by atoms with Crippen LogP contribution in [0.15, 0.2) is 24.5 Å². The van der Waals surface area contributed by atoms with Gasteiger partial charge in [-0.25, -0.2) is 4.98 Å². The summed E-state index contributed by atoms with van der Waals surface area (Å²) in [6, 6.07) is 3.73. The van der Waals surface area contributed by atoms with Gasteiger partial charge in [0.15, 0.2) is 0 Å². The molecule has 2 aromatic heterocycles. The van der Waals surface area contributed by atoms with Gasteiger partial charge in [-0.2, -0.15) is 0 Å². The van der Waals surface area contributed by atoms with Crippen LogP contribution >= 0.6 is 0 Å². The van der Waals surface area contributed by atoms with Gasteiger partial charge in [0.05, 0.1) is 18.5 Å². The summed E-state index contributed by atoms with van der Waals surface area (Å²) >= 11 is 0. The SMILES string of the molecule is CN(CCO)Cc1cnc2ccc(N)cn12. The Morgan fingerprint density at radius 3 is 3.06 bits per heavy atom. The Kier molecular flexibility index (Phi) is 3.07. The third-order valence-corrected chi connectivity index (χ3v) is 2.52. The minimum atomic E-state index is 0.162. The molecule has 0 saturated carbocycles. The molecule has 16 heavy (non-hydrogen) atoms. The molecular formula is C11H16N4O. The van der Waals surface area contributed by atoms with Crippen LogP contribution < -0.4 is 5.73 Å². The zero-order chi connectivity index (χ0) is 11.5. The fourth-order valence-electron chi connectivity index (χ4n) is 1.69. The maximum atomic E-state index is 8.84. The molecule has 2 aromatic rings. The van der Waals surface area contributed by atoms with Gasteiger partial charge in [0.25, 0.3) is 0 Å². The highest BCUT2D eigenvalue weighted by Crippen LogP contribution is 2.11. The van der Waals surface area contributed by atoms with Crippen LogP contribution in [0.2, 0.25) is 0 Å². The second-order valence-corrected chi connectivity index (χ2v) is 3.90. The van der Waals surface area contributed by atoms with E-state index in [0.29, 0.717) is 6.54 Å². The van der Waals surface area contributed by atoms with E-state index in [4.69, 9.17) is 10.8 Å². The van der Waals surface area contributed by atoms with E-state index >= 15 is 0 Å². The highest BCUT2D eigenvalue weighted by Gasteiger charge is 2.05. The van der Waals surface area contributed by atoms with E-state index in [9.17, 15) is 0 Å². The van der Waals surface area contributed by atoms with E-state index in [0.717, 1.165) is 23.6 Å². The van der Waals surface area contributed by atoms with Gasteiger partial charge in [-0.15, -0.1) is 0 Å². The normalized spacial score (nSPS) is 11.4. The number of aromatic nitrogens is 2. The van der Waals surface area contributed by atoms with Crippen molar-refractivity contribution in [2.45, 2.75) is 6.54 Å². The van der Waals surface area contributed by atoms with E-state index < -0.39 is 0 Å². The van der Waals surface area contributed by atoms with E-state index in [1.165, 1.54) is 0 Å². The lowest BCUT2D eigenvalue weighted by Gasteiger charge is -2.14. The summed E-state index contributed by atoms with van der Waals surface area (Å²) in [5.41, 5.74) is 8.42. The number of nitrogen functional groups attached to an aromatic ring is 1. The van der Waals surface area contributed by atoms with E-state index in [1.54, 1.807) is 0 Å². The fourth-order valence-corrected chi connectivity index (χ4v) is 1.69. The Labute approximate surface area is 94.1 Å². The van der Waals surface area contributed by atoms with Crippen molar-refractivity contribution in [3.63, 3.8) is 0 Å². The van der Waals surface area contributed by atoms with Gasteiger partial charge < -0.3 is 15.2 Å². The van der Waals surface area contributed by atoms with Crippen LogP contribution in [-0.2, 0) is 6.54 Å². The lowest BCUT2D eigenvalue weighted by atomic mass is 10.4. The van der Waals surface area contributed by atoms with Crippen molar-refractivity contribution < 1.29 is 5.11 Å². The van der Waals surface area contributed by atoms with Crippen molar-refractivity contribution >= 4 is 11.3 Å². The van der Waals surface area contributed by atoms with Crippen molar-refractivity contribution in [3.05, 3.63) is 30.2 Å². The molecule has 5 nitrogen and oxygen atoms in total. The van der Waals surface area contributed by atoms with E-state index in [2.05, 4.69) is 4.98 Å². The summed E-state index contributed by atoms with van der Waals surface area (Å²) in [4.78, 5) is 6.33. The lowest BCUT2D eigenvalue weighted by Crippen LogP contribution is -2.22. The van der Waals surface area contributed by atoms with E-state index in [1.807, 2.05) is 40.9 Å². The summed E-state index contributed by atoms with van der Waals surface area (Å²) in [7, 11) is 1.96. The number of nitrogens with zero attached hydrogens (tertiary/aromatic N) is 3. The zero-order valence-corrected chi connectivity index (χ0v) is 9.30. The van der Waals surface area contributed by atoms with Gasteiger partial charge in [-0.1, -0.05) is 0 Å². The van der Waals surface area contributed by atoms with Gasteiger partial charge in [-0.3, -0.25) is 4.90 Å². The quantitative estimate of drug-likeness (QED) is 0.779. The number of anilines is 1. The molecule has 2 rings (SSSR count). The Hall–Kier alpha value is -1.59. The molecule has 86 valence electrons. The first kappa shape index (κ1) is 10.9. The summed E-state index contributed by atoms with van der Waals surface area (Å²) in [6.07, 6.45) is 3.70. The molecule has 0 aliphatic carbocycles. The molecule has 0 aliphatic rings. The largest absolute Gasteiger partial charge is 0.398 e. The molecule has 0 aromatic carbocycles. The summed E-state index contributed by atoms with van der Waals surface area (Å²) in [5.74, 6) is 0. The number of hydrogen-bond acceptors (Lipinski definition) is 4. The Bertz CT molecular complexity index is 480. The molecule has 0 aliphatic heterocycles. The zero-order valence-electron chi connectivity index (χ0n) is 9.30. The first-order chi connectivity index (χ1) is 7.70. The third-order valence-electron chi connectivity index (χ3n) is 2.52. The second-order valence-electron chi connectivity index (χ2n) is 3.90. The van der Waals surface area contributed by atoms with E-state index in [-0.39, 0.29) is 6.61 Å². The number of fused-ring (bicyclic) bond motifs is 1. The van der Waals surface area contributed by atoms with Crippen LogP contribution in [0.4, 0.5) is 5.69 Å². The molecule has 0 unspecified atom stereocenters. The van der Waals surface area contributed by atoms with Crippen LogP contribution in [0.3, 0.4) is 0 Å². The van der Waals surface area contributed by atoms with Crippen molar-refractivity contribution in [2.75, 3.05) is 25.9 Å². The Morgan fingerprint density at radius 1 is 1.50 bits per heavy atom. The number of rotatable bonds is 4. The van der Waals surface area contributed by atoms with Crippen LogP contribution in [0.1, 0.15) is 5.69 Å². The average Bonchev–Trinajstić information content (AvgIpc) is 2.61. The number of aliphatic hydroxyl groups excluding tert-OH is 1. The standard InChI is InChI=1S/C11H16N4O/c1-14(4-5-16)8-10-6-13-11-3-2-9(12)7-15(10)11/h2-3,6-7,16H,4-5,8,12H2,1H3. The summed E-state index contributed by atoms with van der Waals surface area (Å²) in [5, 5.41) is 8.84. The fraction of sp³-hybridized carbons (Fsp3) is 0.364. The van der Waals surface area contributed by atoms with Crippen LogP contribution in [-0.4, -0.2) is 39.6 Å². The Morgan fingerprint density at radius 2 is 2.31 bits per heavy atom. The molecule has 0 bridgehead atoms. The minimum absolute atomic E-state index is 0.162. The topological polar surface area (TPSA) is 66.8 Å². The minimum Gasteiger partial charge on any atom is -0.398 e. The molecule has 0 amide bonds. The molecule has 0 saturated heterocycles. The molecule has 0 atom stereocenters. The molecule has 5 heteroatoms. The highest BCUT2D eigenvalue weighted by molar-refractivity contribution is 5.48. The first-order valence-corrected chi connectivity index (χ1v) is 5.21. The molecule has 2 heterocycles. The van der Waals surface area contributed by atoms with Gasteiger partial charge in [0, 0.05) is 25.0 Å². The lowest BCUT2D eigenvalue weighted by molar-refractivity contribution is 0.216. The van der Waals surface area contributed by atoms with Gasteiger partial charge in [0.2, 0.25) is 0 Å². The number of hydrogen-bond donors (Lipinski definition) is 2. The maximum absolute atomic E-state index is 8.84. The van der Waals surface area contributed by atoms with Crippen molar-refractivity contribution in [2.24, 2.45) is 0 Å². The average molecular weight is 220 g/mol. The summed E-state index contributed by atoms with van der Waals surface area (Å²) < 4.78 is 1.98. The predicted molar refractivity (Wildman–Crippen MR) is 63.0 cm³/mol. The smallest absolute Gasteiger partial charge is 0.137 e. The Balaban J connectivity index is 2.27. The van der Waals surface area contributed by atoms with Gasteiger partial charge in [-0.05, 0) is 19.2 Å². The highest BCUT2D eigenvalue weighted by atomic mass is 16.3.